The van der Waals surface area contributed by atoms with Crippen LogP contribution >= 0.6 is 46.4 Å². The molecule has 5 aromatic carbocycles. The molecule has 82 heavy (non-hydrogen) atoms. The van der Waals surface area contributed by atoms with E-state index in [2.05, 4.69) is 20.9 Å². The molecule has 4 aliphatic rings. The van der Waals surface area contributed by atoms with Gasteiger partial charge in [-0.2, -0.15) is 51.8 Å². The van der Waals surface area contributed by atoms with Crippen molar-refractivity contribution in [1.29, 1.82) is 0 Å². The maximum Gasteiger partial charge on any atom is 0.435 e. The van der Waals surface area contributed by atoms with Crippen LogP contribution in [-0.4, -0.2) is 105 Å². The van der Waals surface area contributed by atoms with Crippen LogP contribution in [0.1, 0.15) is 72.5 Å². The van der Waals surface area contributed by atoms with Gasteiger partial charge in [0.25, 0.3) is 33.2 Å². The lowest BCUT2D eigenvalue weighted by molar-refractivity contribution is -0.276. The summed E-state index contributed by atoms with van der Waals surface area (Å²) < 4.78 is 169. The van der Waals surface area contributed by atoms with Crippen LogP contribution in [0.25, 0.3) is 0 Å². The molecule has 18 nitrogen and oxygen atoms in total. The first-order chi connectivity index (χ1) is 38.2. The number of amides is 3. The Bertz CT molecular complexity index is 3630. The summed E-state index contributed by atoms with van der Waals surface area (Å²) in [5, 5.41) is 15.3. The highest BCUT2D eigenvalue weighted by Crippen LogP contribution is 2.52. The van der Waals surface area contributed by atoms with E-state index in [0.717, 1.165) is 32.9 Å². The van der Waals surface area contributed by atoms with Crippen molar-refractivity contribution in [2.75, 3.05) is 26.2 Å². The van der Waals surface area contributed by atoms with E-state index in [4.69, 9.17) is 66.0 Å². The average Bonchev–Trinajstić information content (AvgIpc) is 4.19. The smallest absolute Gasteiger partial charge is 0.435 e. The molecule has 0 saturated carbocycles. The van der Waals surface area contributed by atoms with Crippen LogP contribution in [0.2, 0.25) is 20.1 Å². The Morgan fingerprint density at radius 1 is 0.646 bits per heavy atom. The molecule has 0 radical (unpaired) electrons. The lowest BCUT2D eigenvalue weighted by atomic mass is 9.86. The van der Waals surface area contributed by atoms with Crippen molar-refractivity contribution in [3.8, 4) is 0 Å². The monoisotopic (exact) mass is 1270 g/mol. The summed E-state index contributed by atoms with van der Waals surface area (Å²) in [6.45, 7) is 2.86. The number of ether oxygens (including phenoxy) is 1. The van der Waals surface area contributed by atoms with E-state index in [-0.39, 0.29) is 66.5 Å². The molecule has 5 N–H and O–H groups in total. The SMILES string of the molecule is Cc1cc(C2=NO[C@@](c3cc(Cl)c(F)c(Cl)c3)(C(F)(F)F)C2)ccc1C(=O)NC1CN(S(=O)(=O)NC(=O)OCc2ccccc2)C1.Cc1cc(C2=NO[C@@](c3cc(Cl)c(F)c(Cl)c3)(C(F)(F)F)C2)ccc1C(=O)NC1CN(S(N)(=O)=O)C1. The van der Waals surface area contributed by atoms with Crippen LogP contribution in [0, 0.1) is 25.5 Å². The molecule has 5 aromatic rings. The molecule has 9 rings (SSSR count). The molecule has 2 fully saturated rings. The summed E-state index contributed by atoms with van der Waals surface area (Å²) in [5.74, 6) is -3.16. The molecule has 0 unspecified atom stereocenters. The van der Waals surface area contributed by atoms with E-state index < -0.39 is 130 Å². The van der Waals surface area contributed by atoms with Crippen molar-refractivity contribution < 1.29 is 80.8 Å². The van der Waals surface area contributed by atoms with Crippen molar-refractivity contribution in [2.24, 2.45) is 15.5 Å². The van der Waals surface area contributed by atoms with Crippen LogP contribution in [0.3, 0.4) is 0 Å². The second kappa shape index (κ2) is 23.4. The molecule has 0 spiro atoms. The number of alkyl halides is 6. The average molecular weight is 1270 g/mol. The van der Waals surface area contributed by atoms with Gasteiger partial charge in [-0.1, -0.05) is 99.2 Å². The van der Waals surface area contributed by atoms with Gasteiger partial charge in [0.1, 0.15) is 6.61 Å². The molecule has 438 valence electrons. The lowest BCUT2D eigenvalue weighted by Crippen LogP contribution is -2.63. The van der Waals surface area contributed by atoms with Crippen LogP contribution < -0.4 is 20.5 Å². The minimum Gasteiger partial charge on any atom is -0.444 e. The fourth-order valence-corrected chi connectivity index (χ4v) is 11.7. The maximum atomic E-state index is 14.3. The predicted molar refractivity (Wildman–Crippen MR) is 283 cm³/mol. The Balaban J connectivity index is 0.000000221. The van der Waals surface area contributed by atoms with E-state index in [1.165, 1.54) is 36.4 Å². The number of aryl methyl sites for hydroxylation is 2. The fraction of sp³-hybridized carbons (Fsp3) is 0.300. The largest absolute Gasteiger partial charge is 0.444 e. The standard InChI is InChI=1S/C29H24Cl2F4N4O6S.C21H18Cl2F4N4O4S/c1-16-9-18(24-12-28(45-37-24,29(33,34)35)19-10-22(30)25(32)23(31)11-19)7-8-21(16)26(40)36-20-13-39(14-20)46(42,43)38-27(41)44-15-17-5-3-2-4-6-17;1-10-4-11(2-3-14(10)19(32)29-13-8-31(9-13)36(28,33)34)17-7-20(35-30-17,21(25,26)27)12-5-15(22)18(24)16(23)6-12/h2-11,20H,12-15H2,1H3,(H,36,40)(H,38,41);2-6,13H,7-9H2,1H3,(H,29,32)(H2,28,33,34)/t28-;20-/m00/s1. The van der Waals surface area contributed by atoms with E-state index in [9.17, 15) is 66.3 Å². The van der Waals surface area contributed by atoms with Crippen molar-refractivity contribution in [1.82, 2.24) is 24.0 Å². The molecule has 3 amide bonds. The number of benzene rings is 5. The Morgan fingerprint density at radius 2 is 1.04 bits per heavy atom. The molecule has 0 bridgehead atoms. The Morgan fingerprint density at radius 3 is 1.40 bits per heavy atom. The molecular weight excluding hydrogens is 1230 g/mol. The second-order valence-electron chi connectivity index (χ2n) is 19.0. The summed E-state index contributed by atoms with van der Waals surface area (Å²) in [6, 6.07) is 19.4. The highest BCUT2D eigenvalue weighted by Gasteiger charge is 2.64. The highest BCUT2D eigenvalue weighted by molar-refractivity contribution is 7.87. The van der Waals surface area contributed by atoms with E-state index >= 15 is 0 Å². The zero-order valence-corrected chi connectivity index (χ0v) is 46.7. The van der Waals surface area contributed by atoms with Crippen molar-refractivity contribution in [3.05, 3.63) is 173 Å². The Hall–Kier alpha value is -6.37. The van der Waals surface area contributed by atoms with Gasteiger partial charge in [-0.3, -0.25) is 9.59 Å². The number of hydrogen-bond donors (Lipinski definition) is 4. The van der Waals surface area contributed by atoms with Gasteiger partial charge in [0, 0.05) is 61.3 Å². The summed E-state index contributed by atoms with van der Waals surface area (Å²) in [6.07, 6.45) is -12.6. The summed E-state index contributed by atoms with van der Waals surface area (Å²) >= 11 is 22.9. The number of nitrogens with one attached hydrogen (secondary N) is 3. The summed E-state index contributed by atoms with van der Waals surface area (Å²) in [7, 11) is -8.04. The third-order valence-corrected chi connectivity index (χ3v) is 16.9. The fourth-order valence-electron chi connectivity index (χ4n) is 8.80. The van der Waals surface area contributed by atoms with Gasteiger partial charge in [0.2, 0.25) is 0 Å². The highest BCUT2D eigenvalue weighted by atomic mass is 35.5. The third-order valence-electron chi connectivity index (χ3n) is 13.4. The van der Waals surface area contributed by atoms with E-state index in [1.807, 2.05) is 4.72 Å². The number of hydrogen-bond acceptors (Lipinski definition) is 12. The van der Waals surface area contributed by atoms with Crippen molar-refractivity contribution >= 4 is 96.2 Å². The van der Waals surface area contributed by atoms with Gasteiger partial charge >= 0.3 is 28.7 Å². The molecule has 0 aromatic heterocycles. The van der Waals surface area contributed by atoms with Gasteiger partial charge in [-0.15, -0.1) is 0 Å². The number of carbonyl (C=O) groups excluding carboxylic acids is 3. The van der Waals surface area contributed by atoms with E-state index in [1.54, 1.807) is 44.2 Å². The molecular formula is C50H42Cl4F8N8O10S2. The number of nitrogens with zero attached hydrogens (tertiary/aromatic N) is 4. The number of nitrogens with two attached hydrogens (primary N) is 1. The number of carbonyl (C=O) groups is 3. The molecule has 0 aliphatic carbocycles. The van der Waals surface area contributed by atoms with Gasteiger partial charge < -0.3 is 25.0 Å². The third kappa shape index (κ3) is 12.9. The first-order valence-electron chi connectivity index (χ1n) is 23.8. The maximum absolute atomic E-state index is 14.3. The second-order valence-corrected chi connectivity index (χ2v) is 23.9. The Labute approximate surface area is 481 Å². The van der Waals surface area contributed by atoms with Gasteiger partial charge in [-0.25, -0.2) is 23.4 Å². The molecule has 4 heterocycles. The van der Waals surface area contributed by atoms with Gasteiger partial charge in [-0.05, 0) is 90.2 Å². The minimum absolute atomic E-state index is 0.0345. The number of halogens is 12. The quantitative estimate of drug-likeness (QED) is 0.0643. The predicted octanol–water partition coefficient (Wildman–Crippen LogP) is 9.25. The van der Waals surface area contributed by atoms with Crippen LogP contribution in [0.5, 0.6) is 0 Å². The van der Waals surface area contributed by atoms with Crippen LogP contribution in [0.4, 0.5) is 39.9 Å². The topological polar surface area (TPSA) is 240 Å². The molecule has 2 atom stereocenters. The molecule has 32 heteroatoms. The molecule has 2 saturated heterocycles. The lowest BCUT2D eigenvalue weighted by Gasteiger charge is -2.37. The minimum atomic E-state index is -4.99. The van der Waals surface area contributed by atoms with Gasteiger partial charge in [0.15, 0.2) is 11.6 Å². The Kier molecular flexibility index (Phi) is 17.6. The first kappa shape index (κ1) is 61.7. The normalized spacial score (nSPS) is 19.7. The van der Waals surface area contributed by atoms with Crippen LogP contribution in [-0.2, 0) is 52.6 Å². The molecule has 4 aliphatic heterocycles. The van der Waals surface area contributed by atoms with Crippen molar-refractivity contribution in [2.45, 2.75) is 68.9 Å². The first-order valence-corrected chi connectivity index (χ1v) is 28.2. The zero-order valence-electron chi connectivity index (χ0n) is 42.1. The van der Waals surface area contributed by atoms with Gasteiger partial charge in [0.05, 0.1) is 43.6 Å². The zero-order chi connectivity index (χ0) is 60.1. The summed E-state index contributed by atoms with van der Waals surface area (Å²) in [5.41, 5.74) is -4.64. The van der Waals surface area contributed by atoms with Crippen LogP contribution in [0.15, 0.2) is 101 Å². The number of rotatable bonds is 13. The number of oxime groups is 2. The van der Waals surface area contributed by atoms with Crippen molar-refractivity contribution in [3.63, 3.8) is 0 Å². The van der Waals surface area contributed by atoms with E-state index in [0.29, 0.717) is 16.7 Å². The summed E-state index contributed by atoms with van der Waals surface area (Å²) in [4.78, 5) is 47.4.